The molecule has 0 aromatic heterocycles. The predicted octanol–water partition coefficient (Wildman–Crippen LogP) is 2.25. The van der Waals surface area contributed by atoms with E-state index in [1.165, 1.54) is 0 Å². The monoisotopic (exact) mass is 243 g/mol. The third-order valence-electron chi connectivity index (χ3n) is 2.51. The Morgan fingerprint density at radius 2 is 2.27 bits per heavy atom. The van der Waals surface area contributed by atoms with Gasteiger partial charge in [0.1, 0.15) is 0 Å². The zero-order chi connectivity index (χ0) is 11.3. The fourth-order valence-electron chi connectivity index (χ4n) is 1.57. The zero-order valence-corrected chi connectivity index (χ0v) is 9.46. The van der Waals surface area contributed by atoms with Gasteiger partial charge in [0, 0.05) is 24.9 Å². The van der Waals surface area contributed by atoms with Gasteiger partial charge in [0.2, 0.25) is 0 Å². The van der Waals surface area contributed by atoms with Gasteiger partial charge in [0.05, 0.1) is 6.61 Å². The van der Waals surface area contributed by atoms with Gasteiger partial charge in [-0.25, -0.2) is 0 Å². The van der Waals surface area contributed by atoms with Crippen LogP contribution in [0.15, 0.2) is 0 Å². The van der Waals surface area contributed by atoms with Crippen molar-refractivity contribution in [2.75, 3.05) is 25.5 Å². The van der Waals surface area contributed by atoms with Crippen LogP contribution in [0.1, 0.15) is 13.3 Å². The van der Waals surface area contributed by atoms with Gasteiger partial charge < -0.3 is 10.1 Å². The van der Waals surface area contributed by atoms with Crippen molar-refractivity contribution in [3.05, 3.63) is 0 Å². The minimum absolute atomic E-state index is 0.0243. The van der Waals surface area contributed by atoms with E-state index in [2.05, 4.69) is 5.32 Å². The number of hydrogen-bond acceptors (Lipinski definition) is 3. The Morgan fingerprint density at radius 1 is 1.53 bits per heavy atom. The van der Waals surface area contributed by atoms with Crippen LogP contribution in [0.3, 0.4) is 0 Å². The van der Waals surface area contributed by atoms with Crippen LogP contribution in [0.4, 0.5) is 13.2 Å². The van der Waals surface area contributed by atoms with Crippen molar-refractivity contribution < 1.29 is 17.9 Å². The maximum Gasteiger partial charge on any atom is 0.441 e. The van der Waals surface area contributed by atoms with Crippen LogP contribution >= 0.6 is 11.8 Å². The molecular formula is C9H16F3NOS. The Bertz CT molecular complexity index is 183. The highest BCUT2D eigenvalue weighted by Crippen LogP contribution is 2.29. The number of thioether (sulfide) groups is 1. The van der Waals surface area contributed by atoms with Crippen molar-refractivity contribution in [3.63, 3.8) is 0 Å². The summed E-state index contributed by atoms with van der Waals surface area (Å²) in [6, 6.07) is 0.237. The van der Waals surface area contributed by atoms with Gasteiger partial charge >= 0.3 is 5.51 Å². The summed E-state index contributed by atoms with van der Waals surface area (Å²) >= 11 is 0.0243. The third kappa shape index (κ3) is 5.63. The molecule has 1 saturated heterocycles. The van der Waals surface area contributed by atoms with Crippen LogP contribution < -0.4 is 5.32 Å². The first-order valence-electron chi connectivity index (χ1n) is 5.01. The first kappa shape index (κ1) is 13.1. The number of alkyl halides is 3. The van der Waals surface area contributed by atoms with E-state index >= 15 is 0 Å². The first-order chi connectivity index (χ1) is 6.99. The molecule has 1 rings (SSSR count). The van der Waals surface area contributed by atoms with Crippen molar-refractivity contribution in [2.24, 2.45) is 5.92 Å². The van der Waals surface area contributed by atoms with E-state index in [1.54, 1.807) is 0 Å². The van der Waals surface area contributed by atoms with Crippen LogP contribution in [0.25, 0.3) is 0 Å². The number of nitrogens with one attached hydrogen (secondary N) is 1. The molecule has 1 aliphatic rings. The second kappa shape index (κ2) is 5.96. The molecule has 2 atom stereocenters. The lowest BCUT2D eigenvalue weighted by molar-refractivity contribution is -0.0327. The molecule has 0 aliphatic carbocycles. The Balaban J connectivity index is 2.04. The van der Waals surface area contributed by atoms with E-state index in [0.717, 1.165) is 19.6 Å². The predicted molar refractivity (Wildman–Crippen MR) is 54.9 cm³/mol. The van der Waals surface area contributed by atoms with Crippen molar-refractivity contribution in [3.8, 4) is 0 Å². The highest BCUT2D eigenvalue weighted by molar-refractivity contribution is 8.00. The lowest BCUT2D eigenvalue weighted by Gasteiger charge is -2.19. The van der Waals surface area contributed by atoms with E-state index in [9.17, 15) is 13.2 Å². The number of hydrogen-bond donors (Lipinski definition) is 1. The van der Waals surface area contributed by atoms with Gasteiger partial charge in [0.25, 0.3) is 0 Å². The number of ether oxygens (including phenoxy) is 1. The van der Waals surface area contributed by atoms with Gasteiger partial charge in [-0.1, -0.05) is 0 Å². The fourth-order valence-corrected chi connectivity index (χ4v) is 2.02. The summed E-state index contributed by atoms with van der Waals surface area (Å²) < 4.78 is 40.6. The highest BCUT2D eigenvalue weighted by Gasteiger charge is 2.28. The molecule has 0 saturated carbocycles. The summed E-state index contributed by atoms with van der Waals surface area (Å²) in [5, 5.41) is 3.10. The summed E-state index contributed by atoms with van der Waals surface area (Å²) in [5.41, 5.74) is -4.11. The van der Waals surface area contributed by atoms with Gasteiger partial charge in [-0.2, -0.15) is 13.2 Å². The lowest BCUT2D eigenvalue weighted by Crippen LogP contribution is -2.35. The Hall–Kier alpha value is 0.0600. The van der Waals surface area contributed by atoms with E-state index in [0.29, 0.717) is 12.5 Å². The highest BCUT2D eigenvalue weighted by atomic mass is 32.2. The normalized spacial score (nSPS) is 24.4. The topological polar surface area (TPSA) is 21.3 Å². The summed E-state index contributed by atoms with van der Waals surface area (Å²) in [6.07, 6.45) is 1.00. The van der Waals surface area contributed by atoms with E-state index < -0.39 is 5.51 Å². The largest absolute Gasteiger partial charge is 0.441 e. The lowest BCUT2D eigenvalue weighted by atomic mass is 10.0. The molecule has 1 N–H and O–H groups in total. The van der Waals surface area contributed by atoms with Crippen LogP contribution in [0.2, 0.25) is 0 Å². The zero-order valence-electron chi connectivity index (χ0n) is 8.64. The summed E-state index contributed by atoms with van der Waals surface area (Å²) in [7, 11) is 0. The SMILES string of the molecule is CC(NCCSC(F)(F)F)C1CCOC1. The molecule has 1 heterocycles. The third-order valence-corrected chi connectivity index (χ3v) is 3.24. The molecule has 15 heavy (non-hydrogen) atoms. The fraction of sp³-hybridized carbons (Fsp3) is 1.00. The van der Waals surface area contributed by atoms with Crippen molar-refractivity contribution >= 4 is 11.8 Å². The van der Waals surface area contributed by atoms with E-state index in [1.807, 2.05) is 6.92 Å². The quantitative estimate of drug-likeness (QED) is 0.748. The van der Waals surface area contributed by atoms with Gasteiger partial charge in [-0.15, -0.1) is 0 Å². The van der Waals surface area contributed by atoms with E-state index in [4.69, 9.17) is 4.74 Å². The van der Waals surface area contributed by atoms with Crippen LogP contribution in [0.5, 0.6) is 0 Å². The molecule has 1 aliphatic heterocycles. The van der Waals surface area contributed by atoms with Crippen molar-refractivity contribution in [2.45, 2.75) is 24.9 Å². The van der Waals surface area contributed by atoms with Crippen LogP contribution in [0, 0.1) is 5.92 Å². The number of halogens is 3. The minimum atomic E-state index is -4.11. The standard InChI is InChI=1S/C9H16F3NOS/c1-7(8-2-4-14-6-8)13-3-5-15-9(10,11)12/h7-8,13H,2-6H2,1H3. The molecule has 2 nitrogen and oxygen atoms in total. The average molecular weight is 243 g/mol. The summed E-state index contributed by atoms with van der Waals surface area (Å²) in [6.45, 7) is 3.88. The minimum Gasteiger partial charge on any atom is -0.381 e. The van der Waals surface area contributed by atoms with E-state index in [-0.39, 0.29) is 23.6 Å². The summed E-state index contributed by atoms with van der Waals surface area (Å²) in [5.74, 6) is 0.516. The Morgan fingerprint density at radius 3 is 2.80 bits per heavy atom. The van der Waals surface area contributed by atoms with Crippen molar-refractivity contribution in [1.29, 1.82) is 0 Å². The Labute approximate surface area is 91.9 Å². The summed E-state index contributed by atoms with van der Waals surface area (Å²) in [4.78, 5) is 0. The number of rotatable bonds is 5. The molecule has 1 fully saturated rings. The molecule has 0 radical (unpaired) electrons. The molecule has 0 aromatic carbocycles. The second-order valence-corrected chi connectivity index (χ2v) is 4.82. The molecule has 0 aromatic rings. The maximum atomic E-state index is 11.8. The second-order valence-electron chi connectivity index (χ2n) is 3.66. The van der Waals surface area contributed by atoms with Crippen LogP contribution in [-0.4, -0.2) is 37.1 Å². The van der Waals surface area contributed by atoms with Crippen LogP contribution in [-0.2, 0) is 4.74 Å². The average Bonchev–Trinajstić information content (AvgIpc) is 2.63. The molecule has 0 amide bonds. The molecule has 0 bridgehead atoms. The maximum absolute atomic E-state index is 11.8. The molecule has 0 spiro atoms. The van der Waals surface area contributed by atoms with Gasteiger partial charge in [-0.05, 0) is 31.0 Å². The van der Waals surface area contributed by atoms with Gasteiger partial charge in [0.15, 0.2) is 0 Å². The molecular weight excluding hydrogens is 227 g/mol. The van der Waals surface area contributed by atoms with Crippen molar-refractivity contribution in [1.82, 2.24) is 5.32 Å². The smallest absolute Gasteiger partial charge is 0.381 e. The Kier molecular flexibility index (Phi) is 5.22. The molecule has 2 unspecified atom stereocenters. The first-order valence-corrected chi connectivity index (χ1v) is 5.99. The molecule has 6 heteroatoms. The van der Waals surface area contributed by atoms with Gasteiger partial charge in [-0.3, -0.25) is 0 Å². The molecule has 90 valence electrons.